The highest BCUT2D eigenvalue weighted by molar-refractivity contribution is 6.29. The van der Waals surface area contributed by atoms with E-state index in [0.717, 1.165) is 22.2 Å². The standard InChI is InChI=1S/C21H24ClN5O3/c1-21(2,3)30-20(28)26-12-16(13-26)29-7-6-27-11-15(10-24-27)14-8-18-17(23-9-14)4-5-19(22)25-18/h4-5,8-11,16H,6-7,12-13H2,1-3H3. The first kappa shape index (κ1) is 20.6. The van der Waals surface area contributed by atoms with E-state index in [1.165, 1.54) is 0 Å². The Morgan fingerprint density at radius 2 is 2.00 bits per heavy atom. The molecule has 0 aromatic carbocycles. The molecule has 4 rings (SSSR count). The molecular weight excluding hydrogens is 406 g/mol. The molecule has 0 saturated carbocycles. The third kappa shape index (κ3) is 4.88. The first-order valence-electron chi connectivity index (χ1n) is 9.81. The molecule has 158 valence electrons. The van der Waals surface area contributed by atoms with Gasteiger partial charge in [0.2, 0.25) is 0 Å². The Bertz CT molecular complexity index is 1060. The van der Waals surface area contributed by atoms with Gasteiger partial charge in [-0.1, -0.05) is 11.6 Å². The topological polar surface area (TPSA) is 82.4 Å². The summed E-state index contributed by atoms with van der Waals surface area (Å²) >= 11 is 5.98. The molecule has 0 bridgehead atoms. The van der Waals surface area contributed by atoms with Crippen molar-refractivity contribution in [2.45, 2.75) is 39.0 Å². The number of hydrogen-bond donors (Lipinski definition) is 0. The monoisotopic (exact) mass is 429 g/mol. The average Bonchev–Trinajstić information content (AvgIpc) is 3.10. The van der Waals surface area contributed by atoms with Crippen molar-refractivity contribution in [3.63, 3.8) is 0 Å². The summed E-state index contributed by atoms with van der Waals surface area (Å²) in [4.78, 5) is 22.3. The van der Waals surface area contributed by atoms with Crippen LogP contribution in [-0.2, 0) is 16.0 Å². The molecule has 8 nitrogen and oxygen atoms in total. The molecule has 9 heteroatoms. The Hall–Kier alpha value is -2.71. The van der Waals surface area contributed by atoms with Crippen molar-refractivity contribution in [2.75, 3.05) is 19.7 Å². The van der Waals surface area contributed by atoms with Crippen molar-refractivity contribution in [3.05, 3.63) is 41.9 Å². The lowest BCUT2D eigenvalue weighted by Gasteiger charge is -2.39. The van der Waals surface area contributed by atoms with E-state index in [4.69, 9.17) is 21.1 Å². The van der Waals surface area contributed by atoms with Gasteiger partial charge in [-0.25, -0.2) is 9.78 Å². The molecule has 0 spiro atoms. The summed E-state index contributed by atoms with van der Waals surface area (Å²) in [5, 5.41) is 4.83. The van der Waals surface area contributed by atoms with Gasteiger partial charge in [-0.15, -0.1) is 0 Å². The number of nitrogens with zero attached hydrogens (tertiary/aromatic N) is 5. The first-order valence-corrected chi connectivity index (χ1v) is 10.2. The molecule has 0 aliphatic carbocycles. The summed E-state index contributed by atoms with van der Waals surface area (Å²) in [7, 11) is 0. The van der Waals surface area contributed by atoms with Crippen LogP contribution in [0.4, 0.5) is 4.79 Å². The maximum absolute atomic E-state index is 11.9. The molecule has 0 N–H and O–H groups in total. The summed E-state index contributed by atoms with van der Waals surface area (Å²) in [5.74, 6) is 0. The number of likely N-dealkylation sites (tertiary alicyclic amines) is 1. The van der Waals surface area contributed by atoms with Gasteiger partial charge in [0.05, 0.1) is 49.6 Å². The Kier molecular flexibility index (Phi) is 5.62. The van der Waals surface area contributed by atoms with Gasteiger partial charge in [-0.2, -0.15) is 5.10 Å². The molecule has 3 aromatic heterocycles. The lowest BCUT2D eigenvalue weighted by atomic mass is 10.1. The van der Waals surface area contributed by atoms with Gasteiger partial charge >= 0.3 is 6.09 Å². The number of aromatic nitrogens is 4. The van der Waals surface area contributed by atoms with Gasteiger partial charge in [0.1, 0.15) is 10.8 Å². The van der Waals surface area contributed by atoms with Crippen LogP contribution in [0.15, 0.2) is 36.8 Å². The Labute approximate surface area is 179 Å². The zero-order valence-electron chi connectivity index (χ0n) is 17.2. The minimum Gasteiger partial charge on any atom is -0.444 e. The fraction of sp³-hybridized carbons (Fsp3) is 0.429. The summed E-state index contributed by atoms with van der Waals surface area (Å²) in [6.07, 6.45) is 5.29. The molecule has 1 aliphatic heterocycles. The van der Waals surface area contributed by atoms with Crippen molar-refractivity contribution in [2.24, 2.45) is 0 Å². The van der Waals surface area contributed by atoms with Gasteiger partial charge in [-0.3, -0.25) is 9.67 Å². The summed E-state index contributed by atoms with van der Waals surface area (Å²) in [6.45, 7) is 7.81. The van der Waals surface area contributed by atoms with Crippen molar-refractivity contribution in [1.29, 1.82) is 0 Å². The molecule has 30 heavy (non-hydrogen) atoms. The second-order valence-corrected chi connectivity index (χ2v) is 8.65. The Morgan fingerprint density at radius 3 is 2.77 bits per heavy atom. The van der Waals surface area contributed by atoms with E-state index in [0.29, 0.717) is 31.4 Å². The summed E-state index contributed by atoms with van der Waals surface area (Å²) < 4.78 is 13.0. The van der Waals surface area contributed by atoms with Crippen LogP contribution in [0.5, 0.6) is 0 Å². The maximum atomic E-state index is 11.9. The number of pyridine rings is 2. The van der Waals surface area contributed by atoms with Crippen LogP contribution >= 0.6 is 11.6 Å². The molecule has 1 aliphatic rings. The van der Waals surface area contributed by atoms with Crippen molar-refractivity contribution in [1.82, 2.24) is 24.6 Å². The number of carbonyl (C=O) groups is 1. The Morgan fingerprint density at radius 1 is 1.20 bits per heavy atom. The second kappa shape index (κ2) is 8.20. The minimum absolute atomic E-state index is 0.0352. The number of fused-ring (bicyclic) bond motifs is 1. The fourth-order valence-corrected chi connectivity index (χ4v) is 3.26. The number of hydrogen-bond acceptors (Lipinski definition) is 6. The van der Waals surface area contributed by atoms with Gasteiger partial charge in [0.15, 0.2) is 0 Å². The van der Waals surface area contributed by atoms with Crippen LogP contribution in [0.2, 0.25) is 5.15 Å². The smallest absolute Gasteiger partial charge is 0.410 e. The van der Waals surface area contributed by atoms with Crippen LogP contribution in [0.1, 0.15) is 20.8 Å². The zero-order valence-corrected chi connectivity index (χ0v) is 18.0. The van der Waals surface area contributed by atoms with Crippen LogP contribution in [0.25, 0.3) is 22.2 Å². The number of amides is 1. The number of halogens is 1. The van der Waals surface area contributed by atoms with E-state index in [1.54, 1.807) is 23.4 Å². The predicted octanol–water partition coefficient (Wildman–Crippen LogP) is 3.78. The quantitative estimate of drug-likeness (QED) is 0.574. The van der Waals surface area contributed by atoms with E-state index < -0.39 is 5.60 Å². The number of rotatable bonds is 5. The minimum atomic E-state index is -0.482. The predicted molar refractivity (Wildman–Crippen MR) is 113 cm³/mol. The van der Waals surface area contributed by atoms with Gasteiger partial charge < -0.3 is 14.4 Å². The largest absolute Gasteiger partial charge is 0.444 e. The van der Waals surface area contributed by atoms with Gasteiger partial charge in [-0.05, 0) is 39.0 Å². The first-order chi connectivity index (χ1) is 14.3. The van der Waals surface area contributed by atoms with Gasteiger partial charge in [0, 0.05) is 23.5 Å². The zero-order chi connectivity index (χ0) is 21.3. The summed E-state index contributed by atoms with van der Waals surface area (Å²) in [5.41, 5.74) is 2.94. The fourth-order valence-electron chi connectivity index (χ4n) is 3.11. The number of ether oxygens (including phenoxy) is 2. The highest BCUT2D eigenvalue weighted by Gasteiger charge is 2.34. The molecule has 0 atom stereocenters. The normalized spacial score (nSPS) is 14.7. The maximum Gasteiger partial charge on any atom is 0.410 e. The third-order valence-electron chi connectivity index (χ3n) is 4.64. The molecule has 4 heterocycles. The molecule has 1 saturated heterocycles. The highest BCUT2D eigenvalue weighted by atomic mass is 35.5. The molecule has 0 unspecified atom stereocenters. The molecule has 1 amide bonds. The van der Waals surface area contributed by atoms with E-state index in [9.17, 15) is 4.79 Å². The van der Waals surface area contributed by atoms with E-state index in [2.05, 4.69) is 15.1 Å². The van der Waals surface area contributed by atoms with Crippen molar-refractivity contribution >= 4 is 28.7 Å². The Balaban J connectivity index is 1.26. The lowest BCUT2D eigenvalue weighted by molar-refractivity contribution is -0.0650. The highest BCUT2D eigenvalue weighted by Crippen LogP contribution is 2.22. The second-order valence-electron chi connectivity index (χ2n) is 8.27. The van der Waals surface area contributed by atoms with E-state index in [-0.39, 0.29) is 12.2 Å². The summed E-state index contributed by atoms with van der Waals surface area (Å²) in [6, 6.07) is 5.52. The number of carbonyl (C=O) groups excluding carboxylic acids is 1. The molecule has 1 fully saturated rings. The van der Waals surface area contributed by atoms with Gasteiger partial charge in [0.25, 0.3) is 0 Å². The SMILES string of the molecule is CC(C)(C)OC(=O)N1CC(OCCn2cc(-c3cnc4ccc(Cl)nc4c3)cn2)C1. The van der Waals surface area contributed by atoms with E-state index >= 15 is 0 Å². The van der Waals surface area contributed by atoms with Crippen LogP contribution in [-0.4, -0.2) is 62.1 Å². The van der Waals surface area contributed by atoms with Crippen LogP contribution < -0.4 is 0 Å². The van der Waals surface area contributed by atoms with Crippen molar-refractivity contribution in [3.8, 4) is 11.1 Å². The van der Waals surface area contributed by atoms with E-state index in [1.807, 2.05) is 43.8 Å². The lowest BCUT2D eigenvalue weighted by Crippen LogP contribution is -2.56. The molecular formula is C21H24ClN5O3. The third-order valence-corrected chi connectivity index (χ3v) is 4.85. The van der Waals surface area contributed by atoms with Crippen molar-refractivity contribution < 1.29 is 14.3 Å². The average molecular weight is 430 g/mol. The molecule has 0 radical (unpaired) electrons. The van der Waals surface area contributed by atoms with Crippen LogP contribution in [0, 0.1) is 0 Å². The molecule has 3 aromatic rings. The van der Waals surface area contributed by atoms with Crippen LogP contribution in [0.3, 0.4) is 0 Å².